The first-order valence-electron chi connectivity index (χ1n) is 8.47. The molecule has 1 aromatic heterocycles. The minimum Gasteiger partial charge on any atom is -0.379 e. The molecule has 0 radical (unpaired) electrons. The Kier molecular flexibility index (Phi) is 5.76. The van der Waals surface area contributed by atoms with Crippen molar-refractivity contribution in [2.45, 2.75) is 24.1 Å². The molecule has 1 N–H and O–H groups in total. The number of carbonyl (C=O) groups is 1. The third-order valence-electron chi connectivity index (χ3n) is 4.00. The van der Waals surface area contributed by atoms with Crippen molar-refractivity contribution < 1.29 is 17.9 Å². The van der Waals surface area contributed by atoms with Crippen molar-refractivity contribution in [1.82, 2.24) is 9.62 Å². The van der Waals surface area contributed by atoms with Crippen molar-refractivity contribution >= 4 is 27.3 Å². The van der Waals surface area contributed by atoms with Crippen molar-refractivity contribution in [3.8, 4) is 10.4 Å². The van der Waals surface area contributed by atoms with Crippen LogP contribution in [0.25, 0.3) is 10.4 Å². The molecule has 1 saturated heterocycles. The van der Waals surface area contributed by atoms with Crippen LogP contribution in [0.15, 0.2) is 40.6 Å². The van der Waals surface area contributed by atoms with Gasteiger partial charge < -0.3 is 10.1 Å². The normalized spacial score (nSPS) is 16.0. The van der Waals surface area contributed by atoms with Crippen molar-refractivity contribution in [2.24, 2.45) is 0 Å². The van der Waals surface area contributed by atoms with Crippen molar-refractivity contribution in [3.05, 3.63) is 42.0 Å². The van der Waals surface area contributed by atoms with Crippen molar-refractivity contribution in [3.63, 3.8) is 0 Å². The molecule has 0 unspecified atom stereocenters. The van der Waals surface area contributed by atoms with Gasteiger partial charge >= 0.3 is 0 Å². The molecule has 0 atom stereocenters. The highest BCUT2D eigenvalue weighted by molar-refractivity contribution is 7.91. The van der Waals surface area contributed by atoms with Gasteiger partial charge in [-0.15, -0.1) is 11.3 Å². The van der Waals surface area contributed by atoms with Crippen molar-refractivity contribution in [2.75, 3.05) is 26.3 Å². The Labute approximate surface area is 157 Å². The van der Waals surface area contributed by atoms with Gasteiger partial charge in [0.1, 0.15) is 4.21 Å². The van der Waals surface area contributed by atoms with Gasteiger partial charge in [0.05, 0.1) is 13.2 Å². The summed E-state index contributed by atoms with van der Waals surface area (Å²) in [6.07, 6.45) is 0. The van der Waals surface area contributed by atoms with E-state index in [-0.39, 0.29) is 11.9 Å². The number of thiophene rings is 1. The maximum Gasteiger partial charge on any atom is 0.252 e. The third-order valence-corrected chi connectivity index (χ3v) is 7.50. The molecule has 1 fully saturated rings. The zero-order valence-corrected chi connectivity index (χ0v) is 16.4. The molecule has 2 aromatic rings. The minimum atomic E-state index is -3.48. The number of rotatable bonds is 5. The standard InChI is InChI=1S/C18H22N2O4S2/c1-13(2)19-18(21)15-5-3-14(4-6-15)16-7-8-17(25-16)26(22,23)20-9-11-24-12-10-20/h3-8,13H,9-12H2,1-2H3,(H,19,21). The van der Waals surface area contributed by atoms with Crippen LogP contribution in [-0.2, 0) is 14.8 Å². The minimum absolute atomic E-state index is 0.0763. The molecule has 0 bridgehead atoms. The average molecular weight is 395 g/mol. The second-order valence-corrected chi connectivity index (χ2v) is 9.59. The van der Waals surface area contributed by atoms with E-state index in [2.05, 4.69) is 5.32 Å². The van der Waals surface area contributed by atoms with E-state index in [1.807, 2.05) is 26.0 Å². The number of sulfonamides is 1. The number of hydrogen-bond acceptors (Lipinski definition) is 5. The lowest BCUT2D eigenvalue weighted by atomic mass is 10.1. The van der Waals surface area contributed by atoms with Crippen LogP contribution in [0.2, 0.25) is 0 Å². The van der Waals surface area contributed by atoms with Crippen LogP contribution >= 0.6 is 11.3 Å². The molecule has 140 valence electrons. The number of carbonyl (C=O) groups excluding carboxylic acids is 1. The molecule has 1 amide bonds. The zero-order valence-electron chi connectivity index (χ0n) is 14.8. The van der Waals surface area contributed by atoms with Gasteiger partial charge in [-0.05, 0) is 43.7 Å². The Morgan fingerprint density at radius 3 is 2.38 bits per heavy atom. The Balaban J connectivity index is 1.78. The van der Waals surface area contributed by atoms with Gasteiger partial charge in [0.2, 0.25) is 0 Å². The Morgan fingerprint density at radius 1 is 1.12 bits per heavy atom. The average Bonchev–Trinajstić information content (AvgIpc) is 3.13. The van der Waals surface area contributed by atoms with Gasteiger partial charge in [0.15, 0.2) is 0 Å². The summed E-state index contributed by atoms with van der Waals surface area (Å²) in [5.41, 5.74) is 1.47. The molecule has 0 spiro atoms. The predicted octanol–water partition coefficient (Wildman–Crippen LogP) is 2.57. The van der Waals surface area contributed by atoms with E-state index >= 15 is 0 Å². The van der Waals surface area contributed by atoms with Gasteiger partial charge in [-0.25, -0.2) is 8.42 Å². The fourth-order valence-electron chi connectivity index (χ4n) is 2.66. The summed E-state index contributed by atoms with van der Waals surface area (Å²) in [6, 6.07) is 10.7. The molecule has 1 aliphatic heterocycles. The third kappa shape index (κ3) is 4.15. The monoisotopic (exact) mass is 394 g/mol. The van der Waals surface area contributed by atoms with Crippen LogP contribution in [0, 0.1) is 0 Å². The maximum atomic E-state index is 12.7. The lowest BCUT2D eigenvalue weighted by molar-refractivity contribution is 0.0731. The van der Waals surface area contributed by atoms with Gasteiger partial charge in [0.25, 0.3) is 15.9 Å². The summed E-state index contributed by atoms with van der Waals surface area (Å²) < 4.78 is 32.4. The first kappa shape index (κ1) is 19.0. The molecule has 1 aromatic carbocycles. The van der Waals surface area contributed by atoms with E-state index in [9.17, 15) is 13.2 Å². The molecule has 8 heteroatoms. The summed E-state index contributed by atoms with van der Waals surface area (Å²) in [4.78, 5) is 12.9. The molecular weight excluding hydrogens is 372 g/mol. The highest BCUT2D eigenvalue weighted by Crippen LogP contribution is 2.32. The lowest BCUT2D eigenvalue weighted by Gasteiger charge is -2.25. The summed E-state index contributed by atoms with van der Waals surface area (Å²) in [5, 5.41) is 2.85. The van der Waals surface area contributed by atoms with Gasteiger partial charge in [-0.3, -0.25) is 4.79 Å². The SMILES string of the molecule is CC(C)NC(=O)c1ccc(-c2ccc(S(=O)(=O)N3CCOCC3)s2)cc1. The van der Waals surface area contributed by atoms with E-state index < -0.39 is 10.0 Å². The van der Waals surface area contributed by atoms with Crippen LogP contribution in [-0.4, -0.2) is 51.0 Å². The van der Waals surface area contributed by atoms with Crippen LogP contribution in [0.1, 0.15) is 24.2 Å². The van der Waals surface area contributed by atoms with E-state index in [0.29, 0.717) is 36.1 Å². The first-order valence-corrected chi connectivity index (χ1v) is 10.7. The molecule has 1 aliphatic rings. The molecule has 3 rings (SSSR count). The zero-order chi connectivity index (χ0) is 18.7. The van der Waals surface area contributed by atoms with Crippen molar-refractivity contribution in [1.29, 1.82) is 0 Å². The fraction of sp³-hybridized carbons (Fsp3) is 0.389. The van der Waals surface area contributed by atoms with E-state index in [0.717, 1.165) is 10.4 Å². The quantitative estimate of drug-likeness (QED) is 0.846. The van der Waals surface area contributed by atoms with Crippen LogP contribution in [0.4, 0.5) is 0 Å². The smallest absolute Gasteiger partial charge is 0.252 e. The number of nitrogens with one attached hydrogen (secondary N) is 1. The molecule has 2 heterocycles. The number of morpholine rings is 1. The predicted molar refractivity (Wildman–Crippen MR) is 102 cm³/mol. The Hall–Kier alpha value is -1.74. The number of hydrogen-bond donors (Lipinski definition) is 1. The molecular formula is C18H22N2O4S2. The summed E-state index contributed by atoms with van der Waals surface area (Å²) in [6.45, 7) is 5.45. The topological polar surface area (TPSA) is 75.7 Å². The maximum absolute atomic E-state index is 12.7. The van der Waals surface area contributed by atoms with E-state index in [1.165, 1.54) is 15.6 Å². The number of nitrogens with zero attached hydrogens (tertiary/aromatic N) is 1. The molecule has 0 saturated carbocycles. The Bertz CT molecular complexity index is 867. The summed E-state index contributed by atoms with van der Waals surface area (Å²) in [5.74, 6) is -0.117. The Morgan fingerprint density at radius 2 is 1.77 bits per heavy atom. The van der Waals surface area contributed by atoms with Gasteiger partial charge in [-0.2, -0.15) is 4.31 Å². The van der Waals surface area contributed by atoms with Crippen LogP contribution < -0.4 is 5.32 Å². The van der Waals surface area contributed by atoms with Crippen LogP contribution in [0.5, 0.6) is 0 Å². The second kappa shape index (κ2) is 7.87. The van der Waals surface area contributed by atoms with E-state index in [4.69, 9.17) is 4.74 Å². The number of benzene rings is 1. The highest BCUT2D eigenvalue weighted by atomic mass is 32.2. The largest absolute Gasteiger partial charge is 0.379 e. The number of ether oxygens (including phenoxy) is 1. The first-order chi connectivity index (χ1) is 12.4. The van der Waals surface area contributed by atoms with Gasteiger partial charge in [-0.1, -0.05) is 12.1 Å². The number of amides is 1. The van der Waals surface area contributed by atoms with Crippen LogP contribution in [0.3, 0.4) is 0 Å². The molecule has 6 nitrogen and oxygen atoms in total. The van der Waals surface area contributed by atoms with E-state index in [1.54, 1.807) is 24.3 Å². The fourth-order valence-corrected chi connectivity index (χ4v) is 5.53. The van der Waals surface area contributed by atoms with Gasteiger partial charge in [0, 0.05) is 29.6 Å². The lowest BCUT2D eigenvalue weighted by Crippen LogP contribution is -2.40. The summed E-state index contributed by atoms with van der Waals surface area (Å²) in [7, 11) is -3.48. The second-order valence-electron chi connectivity index (χ2n) is 6.34. The summed E-state index contributed by atoms with van der Waals surface area (Å²) >= 11 is 1.24. The molecule has 0 aliphatic carbocycles. The highest BCUT2D eigenvalue weighted by Gasteiger charge is 2.27. The molecule has 26 heavy (non-hydrogen) atoms.